The van der Waals surface area contributed by atoms with Gasteiger partial charge in [-0.15, -0.1) is 0 Å². The summed E-state index contributed by atoms with van der Waals surface area (Å²) in [7, 11) is 3.74. The minimum Gasteiger partial charge on any atom is -0.496 e. The van der Waals surface area contributed by atoms with Crippen molar-refractivity contribution in [2.45, 2.75) is 6.42 Å². The number of nitrogens with one attached hydrogen (secondary N) is 1. The lowest BCUT2D eigenvalue weighted by molar-refractivity contribution is 0.410. The van der Waals surface area contributed by atoms with Gasteiger partial charge in [-0.25, -0.2) is 9.97 Å². The van der Waals surface area contributed by atoms with Gasteiger partial charge in [-0.3, -0.25) is 0 Å². The van der Waals surface area contributed by atoms with Crippen LogP contribution < -0.4 is 10.1 Å². The first-order valence-electron chi connectivity index (χ1n) is 7.01. The molecule has 6 heteroatoms. The Morgan fingerprint density at radius 2 is 2.14 bits per heavy atom. The van der Waals surface area contributed by atoms with Crippen LogP contribution in [0.5, 0.6) is 5.75 Å². The van der Waals surface area contributed by atoms with E-state index in [1.807, 2.05) is 13.1 Å². The minimum atomic E-state index is 0.430. The number of anilines is 1. The van der Waals surface area contributed by atoms with Gasteiger partial charge in [-0.05, 0) is 24.6 Å². The number of nitrogens with zero attached hydrogens (tertiary/aromatic N) is 3. The van der Waals surface area contributed by atoms with Crippen molar-refractivity contribution in [3.63, 3.8) is 0 Å². The fraction of sp³-hybridized carbons (Fsp3) is 0.250. The average molecular weight is 317 g/mol. The lowest BCUT2D eigenvalue weighted by atomic mass is 10.1. The zero-order valence-electron chi connectivity index (χ0n) is 12.5. The maximum atomic E-state index is 5.86. The second-order valence-corrected chi connectivity index (χ2v) is 5.40. The van der Waals surface area contributed by atoms with Crippen molar-refractivity contribution >= 4 is 28.3 Å². The molecule has 0 atom stereocenters. The molecule has 0 bridgehead atoms. The van der Waals surface area contributed by atoms with Gasteiger partial charge >= 0.3 is 0 Å². The number of hydrogen-bond acceptors (Lipinski definition) is 4. The normalized spacial score (nSPS) is 10.9. The molecule has 0 aliphatic carbocycles. The Morgan fingerprint density at radius 1 is 1.27 bits per heavy atom. The maximum absolute atomic E-state index is 5.86. The number of ether oxygens (including phenoxy) is 1. The first kappa shape index (κ1) is 14.7. The van der Waals surface area contributed by atoms with Crippen molar-refractivity contribution in [3.05, 3.63) is 47.5 Å². The molecule has 0 amide bonds. The lowest BCUT2D eigenvalue weighted by Crippen LogP contribution is -2.08. The Hall–Kier alpha value is -2.27. The minimum absolute atomic E-state index is 0.430. The van der Waals surface area contributed by atoms with Gasteiger partial charge in [-0.2, -0.15) is 0 Å². The summed E-state index contributed by atoms with van der Waals surface area (Å²) < 4.78 is 7.63. The number of fused-ring (bicyclic) bond motifs is 1. The summed E-state index contributed by atoms with van der Waals surface area (Å²) in [6.07, 6.45) is 4.33. The van der Waals surface area contributed by atoms with Crippen LogP contribution in [0.2, 0.25) is 5.15 Å². The second kappa shape index (κ2) is 6.23. The average Bonchev–Trinajstić information content (AvgIpc) is 2.89. The monoisotopic (exact) mass is 316 g/mol. The van der Waals surface area contributed by atoms with E-state index in [-0.39, 0.29) is 0 Å². The molecule has 0 aliphatic heterocycles. The van der Waals surface area contributed by atoms with Gasteiger partial charge in [0.2, 0.25) is 0 Å². The zero-order chi connectivity index (χ0) is 15.5. The second-order valence-electron chi connectivity index (χ2n) is 5.01. The van der Waals surface area contributed by atoms with Crippen molar-refractivity contribution in [1.82, 2.24) is 14.5 Å². The van der Waals surface area contributed by atoms with Gasteiger partial charge in [0, 0.05) is 36.8 Å². The van der Waals surface area contributed by atoms with E-state index in [2.05, 4.69) is 38.2 Å². The van der Waals surface area contributed by atoms with E-state index in [0.717, 1.165) is 24.5 Å². The highest BCUT2D eigenvalue weighted by atomic mass is 35.5. The SMILES string of the molecule is COc1ccc2ccn(C)c2c1CCNc1cc(Cl)ncn1. The van der Waals surface area contributed by atoms with E-state index in [0.29, 0.717) is 5.15 Å². The molecular weight excluding hydrogens is 300 g/mol. The standard InChI is InChI=1S/C16H17ClN4O/c1-21-8-6-11-3-4-13(22-2)12(16(11)21)5-7-18-15-9-14(17)19-10-20-15/h3-4,6,8-10H,5,7H2,1-2H3,(H,18,19,20). The van der Waals surface area contributed by atoms with E-state index in [1.165, 1.54) is 22.8 Å². The van der Waals surface area contributed by atoms with Crippen molar-refractivity contribution in [2.24, 2.45) is 7.05 Å². The summed E-state index contributed by atoms with van der Waals surface area (Å²) in [5.74, 6) is 1.62. The van der Waals surface area contributed by atoms with Crippen LogP contribution in [0.4, 0.5) is 5.82 Å². The summed E-state index contributed by atoms with van der Waals surface area (Å²) in [6.45, 7) is 0.730. The van der Waals surface area contributed by atoms with Crippen molar-refractivity contribution < 1.29 is 4.74 Å². The summed E-state index contributed by atoms with van der Waals surface area (Å²) in [6, 6.07) is 7.91. The van der Waals surface area contributed by atoms with Gasteiger partial charge in [0.1, 0.15) is 23.0 Å². The number of aromatic nitrogens is 3. The molecule has 1 aromatic carbocycles. The van der Waals surface area contributed by atoms with E-state index in [9.17, 15) is 0 Å². The van der Waals surface area contributed by atoms with Crippen LogP contribution in [0.15, 0.2) is 36.8 Å². The lowest BCUT2D eigenvalue weighted by Gasteiger charge is -2.12. The summed E-state index contributed by atoms with van der Waals surface area (Å²) in [5, 5.41) is 4.90. The number of methoxy groups -OCH3 is 1. The molecule has 3 rings (SSSR count). The smallest absolute Gasteiger partial charge is 0.134 e. The molecule has 0 radical (unpaired) electrons. The molecule has 0 aliphatic rings. The number of halogens is 1. The number of rotatable bonds is 5. The summed E-state index contributed by atoms with van der Waals surface area (Å²) >= 11 is 5.86. The molecule has 0 unspecified atom stereocenters. The van der Waals surface area contributed by atoms with Crippen LogP contribution in [-0.4, -0.2) is 28.2 Å². The third-order valence-corrected chi connectivity index (χ3v) is 3.84. The zero-order valence-corrected chi connectivity index (χ0v) is 13.3. The quantitative estimate of drug-likeness (QED) is 0.734. The first-order chi connectivity index (χ1) is 10.7. The van der Waals surface area contributed by atoms with Crippen molar-refractivity contribution in [1.29, 1.82) is 0 Å². The Bertz CT molecular complexity index is 800. The number of aryl methyl sites for hydroxylation is 1. The van der Waals surface area contributed by atoms with Crippen LogP contribution in [0.3, 0.4) is 0 Å². The molecule has 2 heterocycles. The van der Waals surface area contributed by atoms with Gasteiger partial charge in [0.15, 0.2) is 0 Å². The Morgan fingerprint density at radius 3 is 2.91 bits per heavy atom. The van der Waals surface area contributed by atoms with E-state index < -0.39 is 0 Å². The number of benzene rings is 1. The number of hydrogen-bond donors (Lipinski definition) is 1. The predicted octanol–water partition coefficient (Wildman–Crippen LogP) is 3.28. The Kier molecular flexibility index (Phi) is 4.15. The highest BCUT2D eigenvalue weighted by Gasteiger charge is 2.11. The summed E-state index contributed by atoms with van der Waals surface area (Å²) in [4.78, 5) is 8.01. The molecule has 0 spiro atoms. The fourth-order valence-corrected chi connectivity index (χ4v) is 2.78. The highest BCUT2D eigenvalue weighted by Crippen LogP contribution is 2.28. The Labute approximate surface area is 133 Å². The van der Waals surface area contributed by atoms with E-state index in [4.69, 9.17) is 16.3 Å². The fourth-order valence-electron chi connectivity index (χ4n) is 2.63. The van der Waals surface area contributed by atoms with Crippen LogP contribution >= 0.6 is 11.6 Å². The van der Waals surface area contributed by atoms with Gasteiger partial charge < -0.3 is 14.6 Å². The van der Waals surface area contributed by atoms with Crippen LogP contribution in [0.25, 0.3) is 10.9 Å². The molecular formula is C16H17ClN4O. The van der Waals surface area contributed by atoms with Gasteiger partial charge in [0.05, 0.1) is 12.6 Å². The molecule has 22 heavy (non-hydrogen) atoms. The third-order valence-electron chi connectivity index (χ3n) is 3.64. The van der Waals surface area contributed by atoms with Crippen molar-refractivity contribution in [3.8, 4) is 5.75 Å². The molecule has 0 saturated carbocycles. The molecule has 3 aromatic rings. The summed E-state index contributed by atoms with van der Waals surface area (Å²) in [5.41, 5.74) is 2.38. The molecule has 2 aromatic heterocycles. The first-order valence-corrected chi connectivity index (χ1v) is 7.39. The van der Waals surface area contributed by atoms with Crippen LogP contribution in [0.1, 0.15) is 5.56 Å². The largest absolute Gasteiger partial charge is 0.496 e. The van der Waals surface area contributed by atoms with Crippen LogP contribution in [-0.2, 0) is 13.5 Å². The maximum Gasteiger partial charge on any atom is 0.134 e. The highest BCUT2D eigenvalue weighted by molar-refractivity contribution is 6.29. The van der Waals surface area contributed by atoms with Gasteiger partial charge in [-0.1, -0.05) is 11.6 Å². The van der Waals surface area contributed by atoms with Crippen molar-refractivity contribution in [2.75, 3.05) is 19.0 Å². The molecule has 1 N–H and O–H groups in total. The van der Waals surface area contributed by atoms with Gasteiger partial charge in [0.25, 0.3) is 0 Å². The van der Waals surface area contributed by atoms with E-state index >= 15 is 0 Å². The predicted molar refractivity (Wildman–Crippen MR) is 88.7 cm³/mol. The third kappa shape index (κ3) is 2.85. The molecule has 5 nitrogen and oxygen atoms in total. The van der Waals surface area contributed by atoms with Crippen LogP contribution in [0, 0.1) is 0 Å². The molecule has 0 fully saturated rings. The molecule has 114 valence electrons. The Balaban J connectivity index is 1.82. The molecule has 0 saturated heterocycles. The van der Waals surface area contributed by atoms with E-state index in [1.54, 1.807) is 13.2 Å². The topological polar surface area (TPSA) is 52.0 Å².